The molecule has 0 atom stereocenters. The zero-order valence-electron chi connectivity index (χ0n) is 11.2. The Morgan fingerprint density at radius 3 is 2.85 bits per heavy atom. The Bertz CT molecular complexity index is 575. The number of nitrogens with one attached hydrogen (secondary N) is 2. The van der Waals surface area contributed by atoms with Crippen molar-refractivity contribution in [3.63, 3.8) is 0 Å². The summed E-state index contributed by atoms with van der Waals surface area (Å²) in [7, 11) is 0. The Hall–Kier alpha value is -2.56. The molecule has 5 heteroatoms. The molecule has 1 amide bonds. The molecule has 0 fully saturated rings. The number of nitrogen functional groups attached to an aromatic ring is 1. The number of anilines is 1. The van der Waals surface area contributed by atoms with Crippen LogP contribution in [0.15, 0.2) is 42.6 Å². The second kappa shape index (κ2) is 7.13. The standard InChI is InChI=1S/C15H18N4O/c16-15-18-11-13(19-15)7-4-10-17-14(20)9-8-12-5-2-1-3-6-12/h1-3,5-6,8-9,11H,4,7,10H2,(H,17,20)(H3,16,18,19)/b9-8+. The number of hydrogen-bond acceptors (Lipinski definition) is 3. The number of carbonyl (C=O) groups excluding carboxylic acids is 1. The Balaban J connectivity index is 1.66. The number of nitrogens with zero attached hydrogens (tertiary/aromatic N) is 1. The van der Waals surface area contributed by atoms with E-state index in [9.17, 15) is 4.79 Å². The maximum absolute atomic E-state index is 11.6. The van der Waals surface area contributed by atoms with Crippen molar-refractivity contribution in [2.24, 2.45) is 0 Å². The number of aryl methyl sites for hydroxylation is 1. The van der Waals surface area contributed by atoms with Gasteiger partial charge in [0.2, 0.25) is 5.91 Å². The van der Waals surface area contributed by atoms with E-state index in [0.717, 1.165) is 24.1 Å². The van der Waals surface area contributed by atoms with E-state index < -0.39 is 0 Å². The van der Waals surface area contributed by atoms with Crippen molar-refractivity contribution in [3.05, 3.63) is 53.9 Å². The Morgan fingerprint density at radius 2 is 2.15 bits per heavy atom. The fraction of sp³-hybridized carbons (Fsp3) is 0.200. The fourth-order valence-electron chi connectivity index (χ4n) is 1.79. The van der Waals surface area contributed by atoms with Crippen molar-refractivity contribution in [1.82, 2.24) is 15.3 Å². The van der Waals surface area contributed by atoms with Gasteiger partial charge >= 0.3 is 0 Å². The molecule has 2 rings (SSSR count). The lowest BCUT2D eigenvalue weighted by atomic mass is 10.2. The molecule has 0 aliphatic rings. The summed E-state index contributed by atoms with van der Waals surface area (Å²) in [5.41, 5.74) is 7.47. The van der Waals surface area contributed by atoms with Gasteiger partial charge in [0.1, 0.15) is 0 Å². The lowest BCUT2D eigenvalue weighted by Crippen LogP contribution is -2.22. The Kier molecular flexibility index (Phi) is 4.94. The molecular formula is C15H18N4O. The van der Waals surface area contributed by atoms with E-state index in [0.29, 0.717) is 12.5 Å². The smallest absolute Gasteiger partial charge is 0.243 e. The van der Waals surface area contributed by atoms with E-state index in [4.69, 9.17) is 5.73 Å². The van der Waals surface area contributed by atoms with Crippen LogP contribution in [0.4, 0.5) is 5.95 Å². The molecule has 20 heavy (non-hydrogen) atoms. The molecule has 104 valence electrons. The minimum absolute atomic E-state index is 0.0852. The maximum Gasteiger partial charge on any atom is 0.243 e. The summed E-state index contributed by atoms with van der Waals surface area (Å²) in [6.45, 7) is 0.622. The average molecular weight is 270 g/mol. The van der Waals surface area contributed by atoms with Crippen LogP contribution < -0.4 is 11.1 Å². The maximum atomic E-state index is 11.6. The number of aromatic nitrogens is 2. The number of amides is 1. The predicted molar refractivity (Wildman–Crippen MR) is 79.8 cm³/mol. The molecule has 0 radical (unpaired) electrons. The first-order valence-corrected chi connectivity index (χ1v) is 6.54. The normalized spacial score (nSPS) is 10.8. The highest BCUT2D eigenvalue weighted by atomic mass is 16.1. The minimum atomic E-state index is -0.0852. The number of H-pyrrole nitrogens is 1. The summed E-state index contributed by atoms with van der Waals surface area (Å²) in [5, 5.41) is 2.84. The number of imidazole rings is 1. The summed E-state index contributed by atoms with van der Waals surface area (Å²) >= 11 is 0. The van der Waals surface area contributed by atoms with E-state index in [1.807, 2.05) is 30.3 Å². The van der Waals surface area contributed by atoms with Gasteiger partial charge in [0.05, 0.1) is 6.20 Å². The zero-order valence-corrected chi connectivity index (χ0v) is 11.2. The van der Waals surface area contributed by atoms with Gasteiger partial charge in [-0.1, -0.05) is 30.3 Å². The molecule has 0 bridgehead atoms. The van der Waals surface area contributed by atoms with Gasteiger partial charge in [-0.25, -0.2) is 4.98 Å². The van der Waals surface area contributed by atoms with Crippen LogP contribution in [0.2, 0.25) is 0 Å². The van der Waals surface area contributed by atoms with Gasteiger partial charge in [-0.15, -0.1) is 0 Å². The predicted octanol–water partition coefficient (Wildman–Crippen LogP) is 1.75. The van der Waals surface area contributed by atoms with Gasteiger partial charge in [-0.2, -0.15) is 0 Å². The van der Waals surface area contributed by atoms with E-state index in [1.165, 1.54) is 0 Å². The lowest BCUT2D eigenvalue weighted by molar-refractivity contribution is -0.116. The van der Waals surface area contributed by atoms with Gasteiger partial charge in [0.15, 0.2) is 5.95 Å². The largest absolute Gasteiger partial charge is 0.369 e. The molecule has 4 N–H and O–H groups in total. The van der Waals surface area contributed by atoms with E-state index in [1.54, 1.807) is 18.3 Å². The van der Waals surface area contributed by atoms with E-state index in [2.05, 4.69) is 15.3 Å². The monoisotopic (exact) mass is 270 g/mol. The van der Waals surface area contributed by atoms with E-state index >= 15 is 0 Å². The molecule has 0 aliphatic carbocycles. The van der Waals surface area contributed by atoms with Crippen LogP contribution in [0, 0.1) is 0 Å². The van der Waals surface area contributed by atoms with Crippen LogP contribution in [0.3, 0.4) is 0 Å². The SMILES string of the molecule is Nc1ncc(CCCNC(=O)/C=C/c2ccccc2)[nH]1. The number of carbonyl (C=O) groups is 1. The van der Waals surface area contributed by atoms with Crippen LogP contribution in [0.1, 0.15) is 17.7 Å². The molecule has 2 aromatic rings. The van der Waals surface area contributed by atoms with Crippen molar-refractivity contribution >= 4 is 17.9 Å². The van der Waals surface area contributed by atoms with Gasteiger partial charge < -0.3 is 16.0 Å². The Labute approximate surface area is 117 Å². The van der Waals surface area contributed by atoms with Crippen LogP contribution in [-0.2, 0) is 11.2 Å². The zero-order chi connectivity index (χ0) is 14.2. The summed E-state index contributed by atoms with van der Waals surface area (Å²) in [5.74, 6) is 0.341. The summed E-state index contributed by atoms with van der Waals surface area (Å²) < 4.78 is 0. The first-order chi connectivity index (χ1) is 9.74. The summed E-state index contributed by atoms with van der Waals surface area (Å²) in [4.78, 5) is 18.5. The first-order valence-electron chi connectivity index (χ1n) is 6.54. The number of benzene rings is 1. The molecule has 0 saturated heterocycles. The van der Waals surface area contributed by atoms with Crippen molar-refractivity contribution in [2.45, 2.75) is 12.8 Å². The third-order valence-electron chi connectivity index (χ3n) is 2.80. The third-order valence-corrected chi connectivity index (χ3v) is 2.80. The van der Waals surface area contributed by atoms with Crippen molar-refractivity contribution in [1.29, 1.82) is 0 Å². The van der Waals surface area contributed by atoms with Gasteiger partial charge in [-0.3, -0.25) is 4.79 Å². The van der Waals surface area contributed by atoms with Crippen LogP contribution in [-0.4, -0.2) is 22.4 Å². The number of rotatable bonds is 6. The molecule has 0 saturated carbocycles. The quantitative estimate of drug-likeness (QED) is 0.552. The first kappa shape index (κ1) is 13.9. The van der Waals surface area contributed by atoms with Crippen molar-refractivity contribution in [3.8, 4) is 0 Å². The molecule has 0 spiro atoms. The Morgan fingerprint density at radius 1 is 1.35 bits per heavy atom. The summed E-state index contributed by atoms with van der Waals surface area (Å²) in [6, 6.07) is 9.72. The van der Waals surface area contributed by atoms with Crippen molar-refractivity contribution in [2.75, 3.05) is 12.3 Å². The van der Waals surface area contributed by atoms with Gasteiger partial charge in [-0.05, 0) is 24.5 Å². The van der Waals surface area contributed by atoms with Crippen molar-refractivity contribution < 1.29 is 4.79 Å². The van der Waals surface area contributed by atoms with Crippen LogP contribution >= 0.6 is 0 Å². The highest BCUT2D eigenvalue weighted by Gasteiger charge is 1.98. The lowest BCUT2D eigenvalue weighted by Gasteiger charge is -2.01. The molecule has 1 heterocycles. The van der Waals surface area contributed by atoms with Gasteiger partial charge in [0, 0.05) is 18.3 Å². The fourth-order valence-corrected chi connectivity index (χ4v) is 1.79. The summed E-state index contributed by atoms with van der Waals surface area (Å²) in [6.07, 6.45) is 6.71. The van der Waals surface area contributed by atoms with Crippen LogP contribution in [0.25, 0.3) is 6.08 Å². The van der Waals surface area contributed by atoms with Crippen LogP contribution in [0.5, 0.6) is 0 Å². The van der Waals surface area contributed by atoms with Gasteiger partial charge in [0.25, 0.3) is 0 Å². The minimum Gasteiger partial charge on any atom is -0.369 e. The second-order valence-corrected chi connectivity index (χ2v) is 4.43. The third kappa shape index (κ3) is 4.61. The highest BCUT2D eigenvalue weighted by Crippen LogP contribution is 2.01. The van der Waals surface area contributed by atoms with E-state index in [-0.39, 0.29) is 5.91 Å². The topological polar surface area (TPSA) is 83.8 Å². The number of aromatic amines is 1. The molecule has 1 aromatic carbocycles. The second-order valence-electron chi connectivity index (χ2n) is 4.43. The highest BCUT2D eigenvalue weighted by molar-refractivity contribution is 5.91. The average Bonchev–Trinajstić information content (AvgIpc) is 2.88. The molecule has 1 aromatic heterocycles. The molecule has 0 aliphatic heterocycles. The number of nitrogens with two attached hydrogens (primary N) is 1. The molecule has 5 nitrogen and oxygen atoms in total. The molecule has 0 unspecified atom stereocenters. The number of hydrogen-bond donors (Lipinski definition) is 3. The molecular weight excluding hydrogens is 252 g/mol.